The summed E-state index contributed by atoms with van der Waals surface area (Å²) in [6.45, 7) is -0.112. The van der Waals surface area contributed by atoms with Gasteiger partial charge in [0.15, 0.2) is 12.4 Å². The molecule has 0 aromatic heterocycles. The average molecular weight is 366 g/mol. The summed E-state index contributed by atoms with van der Waals surface area (Å²) in [4.78, 5) is 24.3. The van der Waals surface area contributed by atoms with E-state index in [-0.39, 0.29) is 18.3 Å². The summed E-state index contributed by atoms with van der Waals surface area (Å²) in [7, 11) is 0. The molecule has 0 saturated heterocycles. The van der Waals surface area contributed by atoms with Gasteiger partial charge < -0.3 is 10.1 Å². The Balaban J connectivity index is 1.56. The molecular weight excluding hydrogens is 350 g/mol. The topological polar surface area (TPSA) is 55.4 Å². The maximum Gasteiger partial charge on any atom is 0.262 e. The number of para-hydroxylation sites is 1. The third kappa shape index (κ3) is 4.71. The highest BCUT2D eigenvalue weighted by Gasteiger charge is 2.09. The fraction of sp³-hybridized carbons (Fsp3) is 0.0476. The number of ketones is 1. The van der Waals surface area contributed by atoms with E-state index in [1.165, 1.54) is 0 Å². The number of halogens is 1. The maximum atomic E-state index is 12.4. The van der Waals surface area contributed by atoms with Crippen molar-refractivity contribution in [2.75, 3.05) is 11.9 Å². The average Bonchev–Trinajstić information content (AvgIpc) is 2.68. The first-order valence-corrected chi connectivity index (χ1v) is 8.37. The zero-order chi connectivity index (χ0) is 18.4. The molecule has 1 amide bonds. The Morgan fingerprint density at radius 1 is 0.808 bits per heavy atom. The lowest BCUT2D eigenvalue weighted by molar-refractivity contribution is -0.118. The van der Waals surface area contributed by atoms with Crippen LogP contribution in [-0.2, 0) is 4.79 Å². The third-order valence-electron chi connectivity index (χ3n) is 3.65. The van der Waals surface area contributed by atoms with Crippen LogP contribution in [0, 0.1) is 0 Å². The molecule has 26 heavy (non-hydrogen) atoms. The summed E-state index contributed by atoms with van der Waals surface area (Å²) in [5.41, 5.74) is 1.81. The number of benzene rings is 3. The molecule has 0 heterocycles. The van der Waals surface area contributed by atoms with Crippen molar-refractivity contribution in [3.63, 3.8) is 0 Å². The summed E-state index contributed by atoms with van der Waals surface area (Å²) < 4.78 is 5.46. The largest absolute Gasteiger partial charge is 0.484 e. The van der Waals surface area contributed by atoms with Crippen LogP contribution >= 0.6 is 11.6 Å². The second-order valence-corrected chi connectivity index (χ2v) is 6.00. The molecule has 0 aliphatic rings. The van der Waals surface area contributed by atoms with Crippen molar-refractivity contribution < 1.29 is 14.3 Å². The van der Waals surface area contributed by atoms with E-state index < -0.39 is 0 Å². The Morgan fingerprint density at radius 3 is 2.00 bits per heavy atom. The van der Waals surface area contributed by atoms with E-state index in [9.17, 15) is 9.59 Å². The molecule has 0 aliphatic carbocycles. The van der Waals surface area contributed by atoms with Gasteiger partial charge in [-0.25, -0.2) is 0 Å². The minimum Gasteiger partial charge on any atom is -0.484 e. The standard InChI is InChI=1S/C21H16ClNO3/c22-17-10-6-15(7-11-17)21(25)16-8-12-19(13-9-16)26-14-20(24)23-18-4-2-1-3-5-18/h1-13H,14H2,(H,23,24). The second-order valence-electron chi connectivity index (χ2n) is 5.56. The highest BCUT2D eigenvalue weighted by Crippen LogP contribution is 2.17. The fourth-order valence-electron chi connectivity index (χ4n) is 2.34. The first kappa shape index (κ1) is 17.7. The molecule has 0 spiro atoms. The SMILES string of the molecule is O=C(COc1ccc(C(=O)c2ccc(Cl)cc2)cc1)Nc1ccccc1. The number of amides is 1. The van der Waals surface area contributed by atoms with Crippen LogP contribution in [0.25, 0.3) is 0 Å². The summed E-state index contributed by atoms with van der Waals surface area (Å²) in [5, 5.41) is 3.32. The van der Waals surface area contributed by atoms with Gasteiger partial charge >= 0.3 is 0 Å². The highest BCUT2D eigenvalue weighted by molar-refractivity contribution is 6.30. The van der Waals surface area contributed by atoms with Gasteiger partial charge in [0.1, 0.15) is 5.75 Å². The lowest BCUT2D eigenvalue weighted by atomic mass is 10.0. The molecule has 0 saturated carbocycles. The van der Waals surface area contributed by atoms with Crippen molar-refractivity contribution in [1.82, 2.24) is 0 Å². The maximum absolute atomic E-state index is 12.4. The molecule has 0 fully saturated rings. The molecule has 0 atom stereocenters. The van der Waals surface area contributed by atoms with Crippen molar-refractivity contribution in [1.29, 1.82) is 0 Å². The normalized spacial score (nSPS) is 10.2. The van der Waals surface area contributed by atoms with Crippen molar-refractivity contribution in [3.8, 4) is 5.75 Å². The molecule has 0 bridgehead atoms. The molecule has 5 heteroatoms. The fourth-order valence-corrected chi connectivity index (χ4v) is 2.46. The van der Waals surface area contributed by atoms with E-state index in [0.717, 1.165) is 0 Å². The Labute approximate surface area is 156 Å². The molecule has 3 aromatic rings. The minimum absolute atomic E-state index is 0.102. The van der Waals surface area contributed by atoms with E-state index >= 15 is 0 Å². The first-order chi connectivity index (χ1) is 12.6. The number of carbonyl (C=O) groups is 2. The number of nitrogens with one attached hydrogen (secondary N) is 1. The van der Waals surface area contributed by atoms with E-state index in [2.05, 4.69) is 5.32 Å². The van der Waals surface area contributed by atoms with Crippen LogP contribution in [0.2, 0.25) is 5.02 Å². The quantitative estimate of drug-likeness (QED) is 0.650. The van der Waals surface area contributed by atoms with Crippen LogP contribution in [-0.4, -0.2) is 18.3 Å². The van der Waals surface area contributed by atoms with Crippen molar-refractivity contribution in [2.24, 2.45) is 0 Å². The first-order valence-electron chi connectivity index (χ1n) is 8.00. The number of hydrogen-bond acceptors (Lipinski definition) is 3. The minimum atomic E-state index is -0.252. The number of carbonyl (C=O) groups excluding carboxylic acids is 2. The van der Waals surface area contributed by atoms with Crippen LogP contribution in [0.4, 0.5) is 5.69 Å². The van der Waals surface area contributed by atoms with Gasteiger partial charge in [0.25, 0.3) is 5.91 Å². The van der Waals surface area contributed by atoms with Crippen LogP contribution in [0.15, 0.2) is 78.9 Å². The van der Waals surface area contributed by atoms with Gasteiger partial charge in [-0.2, -0.15) is 0 Å². The number of hydrogen-bond donors (Lipinski definition) is 1. The highest BCUT2D eigenvalue weighted by atomic mass is 35.5. The lowest BCUT2D eigenvalue weighted by Gasteiger charge is -2.08. The second kappa shape index (κ2) is 8.32. The monoisotopic (exact) mass is 365 g/mol. The molecule has 1 N–H and O–H groups in total. The van der Waals surface area contributed by atoms with Gasteiger partial charge in [-0.1, -0.05) is 29.8 Å². The Bertz CT molecular complexity index is 891. The predicted octanol–water partition coefficient (Wildman–Crippen LogP) is 4.59. The van der Waals surface area contributed by atoms with E-state index in [0.29, 0.717) is 27.6 Å². The van der Waals surface area contributed by atoms with Crippen LogP contribution in [0.3, 0.4) is 0 Å². The number of rotatable bonds is 6. The van der Waals surface area contributed by atoms with Gasteiger partial charge in [-0.3, -0.25) is 9.59 Å². The van der Waals surface area contributed by atoms with Gasteiger partial charge in [-0.05, 0) is 60.7 Å². The van der Waals surface area contributed by atoms with E-state index in [4.69, 9.17) is 16.3 Å². The summed E-state index contributed by atoms with van der Waals surface area (Å²) in [5.74, 6) is 0.161. The van der Waals surface area contributed by atoms with Gasteiger partial charge in [0.05, 0.1) is 0 Å². The summed E-state index contributed by atoms with van der Waals surface area (Å²) in [6, 6.07) is 22.5. The zero-order valence-electron chi connectivity index (χ0n) is 13.8. The van der Waals surface area contributed by atoms with Crippen LogP contribution in [0.1, 0.15) is 15.9 Å². The van der Waals surface area contributed by atoms with Crippen molar-refractivity contribution in [3.05, 3.63) is 95.0 Å². The molecule has 3 rings (SSSR count). The lowest BCUT2D eigenvalue weighted by Crippen LogP contribution is -2.20. The summed E-state index contributed by atoms with van der Waals surface area (Å²) in [6.07, 6.45) is 0. The third-order valence-corrected chi connectivity index (χ3v) is 3.90. The summed E-state index contributed by atoms with van der Waals surface area (Å²) >= 11 is 5.83. The molecule has 4 nitrogen and oxygen atoms in total. The van der Waals surface area contributed by atoms with Crippen LogP contribution < -0.4 is 10.1 Å². The zero-order valence-corrected chi connectivity index (χ0v) is 14.6. The van der Waals surface area contributed by atoms with E-state index in [1.54, 1.807) is 60.7 Å². The van der Waals surface area contributed by atoms with Gasteiger partial charge in [-0.15, -0.1) is 0 Å². The van der Waals surface area contributed by atoms with Crippen molar-refractivity contribution in [2.45, 2.75) is 0 Å². The smallest absolute Gasteiger partial charge is 0.262 e. The molecule has 0 unspecified atom stereocenters. The van der Waals surface area contributed by atoms with Gasteiger partial charge in [0, 0.05) is 21.8 Å². The molecule has 130 valence electrons. The van der Waals surface area contributed by atoms with Crippen molar-refractivity contribution >= 4 is 29.0 Å². The molecular formula is C21H16ClNO3. The molecule has 0 aliphatic heterocycles. The molecule has 3 aromatic carbocycles. The Kier molecular flexibility index (Phi) is 5.66. The number of anilines is 1. The van der Waals surface area contributed by atoms with E-state index in [1.807, 2.05) is 18.2 Å². The number of ether oxygens (including phenoxy) is 1. The van der Waals surface area contributed by atoms with Gasteiger partial charge in [0.2, 0.25) is 0 Å². The van der Waals surface area contributed by atoms with Crippen LogP contribution in [0.5, 0.6) is 5.75 Å². The Hall–Kier alpha value is -3.11. The predicted molar refractivity (Wildman–Crippen MR) is 102 cm³/mol. The molecule has 0 radical (unpaired) electrons. The Morgan fingerprint density at radius 2 is 1.38 bits per heavy atom.